The molecule has 1 aromatic carbocycles. The van der Waals surface area contributed by atoms with Crippen LogP contribution >= 0.6 is 0 Å². The number of aliphatic carboxylic acids is 1. The third-order valence-corrected chi connectivity index (χ3v) is 1.64. The van der Waals surface area contributed by atoms with Gasteiger partial charge in [0.25, 0.3) is 0 Å². The lowest BCUT2D eigenvalue weighted by atomic mass is 10.1. The molecular weight excluding hydrogens is 220 g/mol. The van der Waals surface area contributed by atoms with E-state index >= 15 is 0 Å². The van der Waals surface area contributed by atoms with E-state index in [9.17, 15) is 22.4 Å². The Hall–Kier alpha value is -1.79. The molecular formula is C8H4F4O3. The Morgan fingerprint density at radius 1 is 1.27 bits per heavy atom. The zero-order chi connectivity index (χ0) is 11.8. The third kappa shape index (κ3) is 1.85. The zero-order valence-corrected chi connectivity index (χ0v) is 6.97. The summed E-state index contributed by atoms with van der Waals surface area (Å²) in [5, 5.41) is 16.9. The summed E-state index contributed by atoms with van der Waals surface area (Å²) in [7, 11) is 0. The van der Waals surface area contributed by atoms with Crippen molar-refractivity contribution < 1.29 is 32.6 Å². The molecule has 0 amide bonds. The van der Waals surface area contributed by atoms with Crippen LogP contribution < -0.4 is 0 Å². The molecule has 0 aliphatic carbocycles. The lowest BCUT2D eigenvalue weighted by Crippen LogP contribution is -2.25. The molecule has 0 saturated carbocycles. The number of carboxylic acids is 1. The molecule has 1 rings (SSSR count). The number of alkyl halides is 2. The Morgan fingerprint density at radius 3 is 2.27 bits per heavy atom. The van der Waals surface area contributed by atoms with Gasteiger partial charge in [-0.05, 0) is 6.07 Å². The van der Waals surface area contributed by atoms with Crippen molar-refractivity contribution in [3.63, 3.8) is 0 Å². The van der Waals surface area contributed by atoms with E-state index in [1.165, 1.54) is 0 Å². The molecule has 0 unspecified atom stereocenters. The fourth-order valence-corrected chi connectivity index (χ4v) is 0.921. The minimum absolute atomic E-state index is 0.0620. The number of rotatable bonds is 2. The predicted octanol–water partition coefficient (Wildman–Crippen LogP) is 1.85. The summed E-state index contributed by atoms with van der Waals surface area (Å²) in [6.07, 6.45) is 0. The van der Waals surface area contributed by atoms with Gasteiger partial charge in [-0.25, -0.2) is 13.6 Å². The minimum atomic E-state index is -4.55. The second-order valence-corrected chi connectivity index (χ2v) is 2.66. The van der Waals surface area contributed by atoms with Gasteiger partial charge in [0, 0.05) is 6.07 Å². The van der Waals surface area contributed by atoms with Crippen molar-refractivity contribution in [2.45, 2.75) is 5.92 Å². The summed E-state index contributed by atoms with van der Waals surface area (Å²) in [5.74, 6) is -11.8. The number of carboxylic acid groups (broad SMARTS) is 1. The molecule has 0 heterocycles. The maximum Gasteiger partial charge on any atom is 0.379 e. The summed E-state index contributed by atoms with van der Waals surface area (Å²) in [4.78, 5) is 10.1. The van der Waals surface area contributed by atoms with Gasteiger partial charge in [-0.2, -0.15) is 8.78 Å². The normalized spacial score (nSPS) is 11.5. The highest BCUT2D eigenvalue weighted by molar-refractivity contribution is 5.78. The van der Waals surface area contributed by atoms with Crippen LogP contribution in [0.15, 0.2) is 12.1 Å². The molecule has 0 atom stereocenters. The van der Waals surface area contributed by atoms with Crippen LogP contribution in [0.2, 0.25) is 0 Å². The average Bonchev–Trinajstić information content (AvgIpc) is 2.10. The SMILES string of the molecule is O=C(O)C(F)(F)c1cc(F)cc(F)c1O. The molecule has 0 aromatic heterocycles. The maximum atomic E-state index is 12.8. The van der Waals surface area contributed by atoms with E-state index < -0.39 is 34.8 Å². The molecule has 1 aromatic rings. The zero-order valence-electron chi connectivity index (χ0n) is 6.97. The molecule has 0 saturated heterocycles. The van der Waals surface area contributed by atoms with Gasteiger partial charge in [-0.1, -0.05) is 0 Å². The number of hydrogen-bond donors (Lipinski definition) is 2. The van der Waals surface area contributed by atoms with E-state index in [1.54, 1.807) is 0 Å². The van der Waals surface area contributed by atoms with E-state index in [2.05, 4.69) is 0 Å². The monoisotopic (exact) mass is 224 g/mol. The maximum absolute atomic E-state index is 12.8. The highest BCUT2D eigenvalue weighted by Crippen LogP contribution is 2.36. The molecule has 7 heteroatoms. The molecule has 2 N–H and O–H groups in total. The first-order valence-corrected chi connectivity index (χ1v) is 3.56. The standard InChI is InChI=1S/C8H4F4O3/c9-3-1-4(6(13)5(10)2-3)8(11,12)7(14)15/h1-2,13H,(H,14,15). The molecule has 0 fully saturated rings. The van der Waals surface area contributed by atoms with Crippen molar-refractivity contribution in [3.05, 3.63) is 29.3 Å². The Bertz CT molecular complexity index is 417. The molecule has 0 bridgehead atoms. The van der Waals surface area contributed by atoms with E-state index in [4.69, 9.17) is 10.2 Å². The van der Waals surface area contributed by atoms with Gasteiger partial charge >= 0.3 is 11.9 Å². The quantitative estimate of drug-likeness (QED) is 0.753. The summed E-state index contributed by atoms with van der Waals surface area (Å²) in [5.41, 5.74) is -1.62. The number of benzene rings is 1. The van der Waals surface area contributed by atoms with Gasteiger partial charge in [0.1, 0.15) is 5.82 Å². The van der Waals surface area contributed by atoms with Gasteiger partial charge in [0.15, 0.2) is 11.6 Å². The van der Waals surface area contributed by atoms with Crippen molar-refractivity contribution in [1.29, 1.82) is 0 Å². The first-order valence-electron chi connectivity index (χ1n) is 3.56. The Morgan fingerprint density at radius 2 is 1.80 bits per heavy atom. The summed E-state index contributed by atoms with van der Waals surface area (Å²) in [6, 6.07) is 0.225. The first-order chi connectivity index (χ1) is 6.76. The number of phenolic OH excluding ortho intramolecular Hbond substituents is 1. The van der Waals surface area contributed by atoms with Crippen LogP contribution in [0, 0.1) is 11.6 Å². The van der Waals surface area contributed by atoms with Crippen LogP contribution in [-0.2, 0) is 10.7 Å². The van der Waals surface area contributed by atoms with Crippen molar-refractivity contribution >= 4 is 5.97 Å². The van der Waals surface area contributed by atoms with E-state index in [0.717, 1.165) is 0 Å². The largest absolute Gasteiger partial charge is 0.504 e. The number of aromatic hydroxyl groups is 1. The van der Waals surface area contributed by atoms with Crippen molar-refractivity contribution in [2.24, 2.45) is 0 Å². The van der Waals surface area contributed by atoms with Crippen LogP contribution in [0.25, 0.3) is 0 Å². The molecule has 0 spiro atoms. The predicted molar refractivity (Wildman–Crippen MR) is 39.6 cm³/mol. The molecule has 0 aliphatic rings. The fraction of sp³-hybridized carbons (Fsp3) is 0.125. The Kier molecular flexibility index (Phi) is 2.57. The van der Waals surface area contributed by atoms with E-state index in [0.29, 0.717) is 0 Å². The molecule has 0 radical (unpaired) electrons. The van der Waals surface area contributed by atoms with Crippen molar-refractivity contribution in [1.82, 2.24) is 0 Å². The van der Waals surface area contributed by atoms with Crippen LogP contribution in [-0.4, -0.2) is 16.2 Å². The number of halogens is 4. The Balaban J connectivity index is 3.43. The van der Waals surface area contributed by atoms with Gasteiger partial charge in [0.05, 0.1) is 5.56 Å². The lowest BCUT2D eigenvalue weighted by Gasteiger charge is -2.13. The van der Waals surface area contributed by atoms with Gasteiger partial charge < -0.3 is 10.2 Å². The topological polar surface area (TPSA) is 57.5 Å². The highest BCUT2D eigenvalue weighted by atomic mass is 19.3. The number of carbonyl (C=O) groups is 1. The van der Waals surface area contributed by atoms with Crippen molar-refractivity contribution in [2.75, 3.05) is 0 Å². The first kappa shape index (κ1) is 11.3. The molecule has 82 valence electrons. The highest BCUT2D eigenvalue weighted by Gasteiger charge is 2.44. The third-order valence-electron chi connectivity index (χ3n) is 1.64. The van der Waals surface area contributed by atoms with Crippen LogP contribution in [0.5, 0.6) is 5.75 Å². The Labute approximate surface area is 80.6 Å². The summed E-state index contributed by atoms with van der Waals surface area (Å²) >= 11 is 0. The molecule has 0 aliphatic heterocycles. The second kappa shape index (κ2) is 3.41. The average molecular weight is 224 g/mol. The lowest BCUT2D eigenvalue weighted by molar-refractivity contribution is -0.166. The van der Waals surface area contributed by atoms with Gasteiger partial charge in [-0.3, -0.25) is 0 Å². The van der Waals surface area contributed by atoms with Crippen molar-refractivity contribution in [3.8, 4) is 5.75 Å². The van der Waals surface area contributed by atoms with Crippen LogP contribution in [0.1, 0.15) is 5.56 Å². The minimum Gasteiger partial charge on any atom is -0.504 e. The second-order valence-electron chi connectivity index (χ2n) is 2.66. The number of hydrogen-bond acceptors (Lipinski definition) is 2. The molecule has 15 heavy (non-hydrogen) atoms. The fourth-order valence-electron chi connectivity index (χ4n) is 0.921. The smallest absolute Gasteiger partial charge is 0.379 e. The summed E-state index contributed by atoms with van der Waals surface area (Å²) in [6.45, 7) is 0. The number of phenols is 1. The van der Waals surface area contributed by atoms with E-state index in [-0.39, 0.29) is 12.1 Å². The van der Waals surface area contributed by atoms with Crippen LogP contribution in [0.3, 0.4) is 0 Å². The van der Waals surface area contributed by atoms with Gasteiger partial charge in [-0.15, -0.1) is 0 Å². The van der Waals surface area contributed by atoms with Gasteiger partial charge in [0.2, 0.25) is 0 Å². The van der Waals surface area contributed by atoms with Crippen LogP contribution in [0.4, 0.5) is 17.6 Å². The summed E-state index contributed by atoms with van der Waals surface area (Å²) < 4.78 is 50.8. The van der Waals surface area contributed by atoms with E-state index in [1.807, 2.05) is 0 Å². The molecule has 3 nitrogen and oxygen atoms in total.